The smallest absolute Gasteiger partial charge is 0.226 e. The molecule has 1 N–H and O–H groups in total. The molecule has 1 aliphatic rings. The zero-order valence-electron chi connectivity index (χ0n) is 13.1. The summed E-state index contributed by atoms with van der Waals surface area (Å²) in [6.07, 6.45) is 0.344. The molecular weight excluding hydrogens is 314 g/mol. The van der Waals surface area contributed by atoms with Gasteiger partial charge in [0.25, 0.3) is 0 Å². The van der Waals surface area contributed by atoms with Gasteiger partial charge in [-0.05, 0) is 19.1 Å². The number of rotatable bonds is 1. The van der Waals surface area contributed by atoms with Gasteiger partial charge < -0.3 is 5.32 Å². The van der Waals surface area contributed by atoms with Crippen LogP contribution in [0.5, 0.6) is 0 Å². The standard InChI is InChI=1S/C16H16ClN5O/c1-8-13-9(7-12(23)18-16(13)22(3)19-8)15-14-10(17)5-4-6-11(14)21(2)20-15/h4-6,9H,7H2,1-3H3,(H,18,23). The number of benzene rings is 1. The van der Waals surface area contributed by atoms with Crippen molar-refractivity contribution in [3.8, 4) is 0 Å². The highest BCUT2D eigenvalue weighted by molar-refractivity contribution is 6.35. The highest BCUT2D eigenvalue weighted by atomic mass is 35.5. The first kappa shape index (κ1) is 14.3. The van der Waals surface area contributed by atoms with Gasteiger partial charge in [0.1, 0.15) is 5.82 Å². The van der Waals surface area contributed by atoms with Gasteiger partial charge in [0.05, 0.1) is 21.9 Å². The fourth-order valence-electron chi connectivity index (χ4n) is 3.49. The SMILES string of the molecule is Cc1nn(C)c2c1C(c1nn(C)c3cccc(Cl)c13)CC(=O)N2. The van der Waals surface area contributed by atoms with Gasteiger partial charge in [0, 0.05) is 37.4 Å². The Kier molecular flexibility index (Phi) is 2.99. The summed E-state index contributed by atoms with van der Waals surface area (Å²) >= 11 is 6.43. The summed E-state index contributed by atoms with van der Waals surface area (Å²) in [6, 6.07) is 5.75. The van der Waals surface area contributed by atoms with E-state index in [-0.39, 0.29) is 11.8 Å². The number of hydrogen-bond donors (Lipinski definition) is 1. The van der Waals surface area contributed by atoms with Crippen molar-refractivity contribution < 1.29 is 4.79 Å². The molecule has 3 aromatic rings. The lowest BCUT2D eigenvalue weighted by molar-refractivity contribution is -0.116. The molecule has 0 radical (unpaired) electrons. The van der Waals surface area contributed by atoms with Crippen molar-refractivity contribution in [2.24, 2.45) is 14.1 Å². The van der Waals surface area contributed by atoms with Crippen LogP contribution >= 0.6 is 11.6 Å². The van der Waals surface area contributed by atoms with E-state index in [0.717, 1.165) is 33.7 Å². The van der Waals surface area contributed by atoms with Crippen LogP contribution in [0.2, 0.25) is 5.02 Å². The predicted molar refractivity (Wildman–Crippen MR) is 88.8 cm³/mol. The summed E-state index contributed by atoms with van der Waals surface area (Å²) in [7, 11) is 3.72. The van der Waals surface area contributed by atoms with E-state index in [2.05, 4.69) is 15.5 Å². The second-order valence-electron chi connectivity index (χ2n) is 5.92. The first-order valence-corrected chi connectivity index (χ1v) is 7.79. The maximum Gasteiger partial charge on any atom is 0.226 e. The normalized spacial score (nSPS) is 17.4. The summed E-state index contributed by atoms with van der Waals surface area (Å²) < 4.78 is 3.52. The average Bonchev–Trinajstić information content (AvgIpc) is 2.98. The van der Waals surface area contributed by atoms with Gasteiger partial charge in [-0.3, -0.25) is 14.2 Å². The van der Waals surface area contributed by atoms with Crippen molar-refractivity contribution in [2.75, 3.05) is 5.32 Å². The van der Waals surface area contributed by atoms with Crippen LogP contribution in [0.3, 0.4) is 0 Å². The van der Waals surface area contributed by atoms with E-state index < -0.39 is 0 Å². The van der Waals surface area contributed by atoms with Crippen LogP contribution in [0.25, 0.3) is 10.9 Å². The molecular formula is C16H16ClN5O. The predicted octanol–water partition coefficient (Wildman–Crippen LogP) is 2.74. The number of fused-ring (bicyclic) bond motifs is 2. The number of nitrogens with zero attached hydrogens (tertiary/aromatic N) is 4. The van der Waals surface area contributed by atoms with E-state index in [9.17, 15) is 4.79 Å². The van der Waals surface area contributed by atoms with Gasteiger partial charge in [-0.15, -0.1) is 0 Å². The lowest BCUT2D eigenvalue weighted by Crippen LogP contribution is -2.25. The molecule has 118 valence electrons. The molecule has 0 spiro atoms. The van der Waals surface area contributed by atoms with Crippen molar-refractivity contribution in [1.29, 1.82) is 0 Å². The third kappa shape index (κ3) is 1.98. The van der Waals surface area contributed by atoms with Gasteiger partial charge in [0.15, 0.2) is 0 Å². The molecule has 1 amide bonds. The van der Waals surface area contributed by atoms with Crippen LogP contribution in [0.4, 0.5) is 5.82 Å². The Labute approximate surface area is 138 Å². The van der Waals surface area contributed by atoms with Crippen molar-refractivity contribution in [3.63, 3.8) is 0 Å². The number of halogens is 1. The summed E-state index contributed by atoms with van der Waals surface area (Å²) in [5.74, 6) is 0.571. The van der Waals surface area contributed by atoms with Gasteiger partial charge in [-0.25, -0.2) is 0 Å². The first-order chi connectivity index (χ1) is 11.0. The maximum absolute atomic E-state index is 12.2. The second kappa shape index (κ2) is 4.83. The average molecular weight is 330 g/mol. The fourth-order valence-corrected chi connectivity index (χ4v) is 3.76. The van der Waals surface area contributed by atoms with E-state index in [1.165, 1.54) is 0 Å². The Balaban J connectivity index is 2.01. The van der Waals surface area contributed by atoms with E-state index in [0.29, 0.717) is 11.4 Å². The summed E-state index contributed by atoms with van der Waals surface area (Å²) in [6.45, 7) is 1.95. The number of amides is 1. The molecule has 4 rings (SSSR count). The third-order valence-electron chi connectivity index (χ3n) is 4.45. The number of nitrogens with one attached hydrogen (secondary N) is 1. The molecule has 23 heavy (non-hydrogen) atoms. The maximum atomic E-state index is 12.2. The molecule has 0 fully saturated rings. The summed E-state index contributed by atoms with van der Waals surface area (Å²) in [5.41, 5.74) is 3.72. The van der Waals surface area contributed by atoms with Gasteiger partial charge >= 0.3 is 0 Å². The number of anilines is 1. The van der Waals surface area contributed by atoms with Crippen LogP contribution in [0.15, 0.2) is 18.2 Å². The number of aryl methyl sites for hydroxylation is 3. The monoisotopic (exact) mass is 329 g/mol. The summed E-state index contributed by atoms with van der Waals surface area (Å²) in [5, 5.41) is 13.6. The number of carbonyl (C=O) groups excluding carboxylic acids is 1. The van der Waals surface area contributed by atoms with Crippen LogP contribution in [-0.2, 0) is 18.9 Å². The van der Waals surface area contributed by atoms with Crippen LogP contribution in [-0.4, -0.2) is 25.5 Å². The van der Waals surface area contributed by atoms with Crippen molar-refractivity contribution in [1.82, 2.24) is 19.6 Å². The molecule has 3 heterocycles. The zero-order valence-corrected chi connectivity index (χ0v) is 13.8. The van der Waals surface area contributed by atoms with E-state index in [1.807, 2.05) is 43.9 Å². The molecule has 7 heteroatoms. The number of carbonyl (C=O) groups is 1. The van der Waals surface area contributed by atoms with Crippen molar-refractivity contribution >= 4 is 34.2 Å². The molecule has 0 aliphatic carbocycles. The molecule has 0 saturated heterocycles. The highest BCUT2D eigenvalue weighted by Crippen LogP contribution is 2.42. The lowest BCUT2D eigenvalue weighted by Gasteiger charge is -2.22. The Hall–Kier alpha value is -2.34. The molecule has 2 aromatic heterocycles. The largest absolute Gasteiger partial charge is 0.311 e. The van der Waals surface area contributed by atoms with Crippen molar-refractivity contribution in [2.45, 2.75) is 19.3 Å². The number of aromatic nitrogens is 4. The lowest BCUT2D eigenvalue weighted by atomic mass is 9.88. The highest BCUT2D eigenvalue weighted by Gasteiger charge is 2.34. The molecule has 1 atom stereocenters. The minimum Gasteiger partial charge on any atom is -0.311 e. The molecule has 1 unspecified atom stereocenters. The van der Waals surface area contributed by atoms with E-state index in [4.69, 9.17) is 11.6 Å². The van der Waals surface area contributed by atoms with Crippen LogP contribution in [0, 0.1) is 6.92 Å². The third-order valence-corrected chi connectivity index (χ3v) is 4.76. The Morgan fingerprint density at radius 2 is 2.04 bits per heavy atom. The van der Waals surface area contributed by atoms with Crippen LogP contribution in [0.1, 0.15) is 29.3 Å². The van der Waals surface area contributed by atoms with Gasteiger partial charge in [-0.2, -0.15) is 10.2 Å². The first-order valence-electron chi connectivity index (χ1n) is 7.42. The zero-order chi connectivity index (χ0) is 16.3. The molecule has 1 aromatic carbocycles. The summed E-state index contributed by atoms with van der Waals surface area (Å²) in [4.78, 5) is 12.2. The van der Waals surface area contributed by atoms with Crippen LogP contribution < -0.4 is 5.32 Å². The Morgan fingerprint density at radius 3 is 2.83 bits per heavy atom. The minimum atomic E-state index is -0.143. The quantitative estimate of drug-likeness (QED) is 0.746. The van der Waals surface area contributed by atoms with Gasteiger partial charge in [0.2, 0.25) is 5.91 Å². The molecule has 0 saturated carbocycles. The Bertz CT molecular complexity index is 955. The topological polar surface area (TPSA) is 64.7 Å². The molecule has 0 bridgehead atoms. The fraction of sp³-hybridized carbons (Fsp3) is 0.312. The number of hydrogen-bond acceptors (Lipinski definition) is 3. The van der Waals surface area contributed by atoms with E-state index in [1.54, 1.807) is 4.68 Å². The second-order valence-corrected chi connectivity index (χ2v) is 6.33. The molecule has 6 nitrogen and oxygen atoms in total. The van der Waals surface area contributed by atoms with E-state index >= 15 is 0 Å². The minimum absolute atomic E-state index is 0.0312. The van der Waals surface area contributed by atoms with Gasteiger partial charge in [-0.1, -0.05) is 17.7 Å². The molecule has 1 aliphatic heterocycles. The van der Waals surface area contributed by atoms with Crippen molar-refractivity contribution in [3.05, 3.63) is 40.2 Å². The Morgan fingerprint density at radius 1 is 1.26 bits per heavy atom.